The van der Waals surface area contributed by atoms with E-state index in [0.29, 0.717) is 13.2 Å². The summed E-state index contributed by atoms with van der Waals surface area (Å²) < 4.78 is 13.6. The first-order chi connectivity index (χ1) is 21.0. The lowest BCUT2D eigenvalue weighted by molar-refractivity contribution is -0.124. The summed E-state index contributed by atoms with van der Waals surface area (Å²) >= 11 is 0. The Morgan fingerprint density at radius 2 is 1.28 bits per heavy atom. The SMILES string of the molecule is O=C(Cn1nc(C(=O)O)cc1C(=O)NC1CCCCC1OCc1ccccc1)NC1CCCCC1OCc1ccccc1. The lowest BCUT2D eigenvalue weighted by Crippen LogP contribution is -2.48. The maximum atomic E-state index is 13.5. The van der Waals surface area contributed by atoms with Gasteiger partial charge in [-0.15, -0.1) is 0 Å². The molecule has 2 amide bonds. The Kier molecular flexibility index (Phi) is 10.6. The lowest BCUT2D eigenvalue weighted by atomic mass is 9.92. The summed E-state index contributed by atoms with van der Waals surface area (Å²) in [6.45, 7) is 0.619. The van der Waals surface area contributed by atoms with Gasteiger partial charge in [0, 0.05) is 6.07 Å². The molecule has 228 valence electrons. The van der Waals surface area contributed by atoms with Crippen LogP contribution in [0.3, 0.4) is 0 Å². The first-order valence-electron chi connectivity index (χ1n) is 15.2. The quantitative estimate of drug-likeness (QED) is 0.284. The number of carbonyl (C=O) groups is 3. The molecule has 10 heteroatoms. The predicted octanol–water partition coefficient (Wildman–Crippen LogP) is 4.48. The summed E-state index contributed by atoms with van der Waals surface area (Å²) in [6, 6.07) is 20.6. The van der Waals surface area contributed by atoms with E-state index in [9.17, 15) is 19.5 Å². The Morgan fingerprint density at radius 1 is 0.767 bits per heavy atom. The number of amides is 2. The molecule has 2 aliphatic rings. The number of nitrogens with zero attached hydrogens (tertiary/aromatic N) is 2. The van der Waals surface area contributed by atoms with Gasteiger partial charge in [0.25, 0.3) is 5.91 Å². The van der Waals surface area contributed by atoms with Crippen molar-refractivity contribution < 1.29 is 29.0 Å². The molecule has 3 aromatic rings. The van der Waals surface area contributed by atoms with Crippen LogP contribution in [0.1, 0.15) is 83.5 Å². The Labute approximate surface area is 251 Å². The molecule has 2 fully saturated rings. The van der Waals surface area contributed by atoms with Crippen molar-refractivity contribution in [2.75, 3.05) is 0 Å². The molecular weight excluding hydrogens is 548 g/mol. The molecule has 10 nitrogen and oxygen atoms in total. The molecule has 0 radical (unpaired) electrons. The van der Waals surface area contributed by atoms with Gasteiger partial charge >= 0.3 is 5.97 Å². The zero-order chi connectivity index (χ0) is 30.0. The normalized spacial score (nSPS) is 22.0. The minimum Gasteiger partial charge on any atom is -0.476 e. The fourth-order valence-electron chi connectivity index (χ4n) is 5.93. The lowest BCUT2D eigenvalue weighted by Gasteiger charge is -2.32. The number of hydrogen-bond donors (Lipinski definition) is 3. The van der Waals surface area contributed by atoms with Crippen LogP contribution in [-0.2, 0) is 34.0 Å². The van der Waals surface area contributed by atoms with Gasteiger partial charge in [0.2, 0.25) is 5.91 Å². The van der Waals surface area contributed by atoms with Gasteiger partial charge < -0.3 is 25.2 Å². The fourth-order valence-corrected chi connectivity index (χ4v) is 5.93. The zero-order valence-electron chi connectivity index (χ0n) is 24.3. The molecule has 4 unspecified atom stereocenters. The highest BCUT2D eigenvalue weighted by Gasteiger charge is 2.31. The van der Waals surface area contributed by atoms with Crippen LogP contribution in [0.25, 0.3) is 0 Å². The number of carbonyl (C=O) groups excluding carboxylic acids is 2. The number of rotatable bonds is 12. The van der Waals surface area contributed by atoms with E-state index in [1.807, 2.05) is 60.7 Å². The topological polar surface area (TPSA) is 132 Å². The van der Waals surface area contributed by atoms with Crippen molar-refractivity contribution in [1.82, 2.24) is 20.4 Å². The van der Waals surface area contributed by atoms with E-state index in [1.165, 1.54) is 10.7 Å². The number of benzene rings is 2. The zero-order valence-corrected chi connectivity index (χ0v) is 24.3. The highest BCUT2D eigenvalue weighted by Crippen LogP contribution is 2.24. The van der Waals surface area contributed by atoms with Crippen LogP contribution >= 0.6 is 0 Å². The van der Waals surface area contributed by atoms with Crippen LogP contribution in [0.15, 0.2) is 66.7 Å². The monoisotopic (exact) mass is 588 g/mol. The van der Waals surface area contributed by atoms with Crippen LogP contribution in [0.5, 0.6) is 0 Å². The Balaban J connectivity index is 1.22. The van der Waals surface area contributed by atoms with Crippen LogP contribution in [-0.4, -0.2) is 57.0 Å². The number of nitrogens with one attached hydrogen (secondary N) is 2. The molecule has 2 aliphatic carbocycles. The summed E-state index contributed by atoms with van der Waals surface area (Å²) in [5, 5.41) is 19.8. The summed E-state index contributed by atoms with van der Waals surface area (Å²) in [7, 11) is 0. The van der Waals surface area contributed by atoms with Crippen molar-refractivity contribution in [2.24, 2.45) is 0 Å². The summed E-state index contributed by atoms with van der Waals surface area (Å²) in [4.78, 5) is 38.4. The molecule has 0 spiro atoms. The van der Waals surface area contributed by atoms with Gasteiger partial charge in [0.05, 0.1) is 37.5 Å². The highest BCUT2D eigenvalue weighted by atomic mass is 16.5. The molecule has 43 heavy (non-hydrogen) atoms. The van der Waals surface area contributed by atoms with Crippen molar-refractivity contribution in [2.45, 2.75) is 95.4 Å². The standard InChI is InChI=1S/C33H40N4O6/c38-31(34-25-15-7-9-17-29(25)42-21-23-11-3-1-4-12-23)20-37-28(19-27(36-37)33(40)41)32(39)35-26-16-8-10-18-30(26)43-22-24-13-5-2-6-14-24/h1-6,11-14,19,25-26,29-30H,7-10,15-18,20-22H2,(H,34,38)(H,35,39)(H,40,41). The molecule has 3 N–H and O–H groups in total. The van der Waals surface area contributed by atoms with Crippen LogP contribution in [0.4, 0.5) is 0 Å². The minimum atomic E-state index is -1.27. The van der Waals surface area contributed by atoms with Crippen molar-refractivity contribution >= 4 is 17.8 Å². The fraction of sp³-hybridized carbons (Fsp3) is 0.455. The van der Waals surface area contributed by atoms with E-state index < -0.39 is 11.9 Å². The molecule has 2 saturated carbocycles. The van der Waals surface area contributed by atoms with Gasteiger partial charge in [0.15, 0.2) is 5.69 Å². The second-order valence-electron chi connectivity index (χ2n) is 11.4. The van der Waals surface area contributed by atoms with Gasteiger partial charge in [-0.05, 0) is 36.8 Å². The van der Waals surface area contributed by atoms with Crippen LogP contribution < -0.4 is 10.6 Å². The van der Waals surface area contributed by atoms with E-state index >= 15 is 0 Å². The first-order valence-corrected chi connectivity index (χ1v) is 15.2. The van der Waals surface area contributed by atoms with E-state index in [1.54, 1.807) is 0 Å². The Hall–Kier alpha value is -4.02. The van der Waals surface area contributed by atoms with Crippen molar-refractivity contribution in [1.29, 1.82) is 0 Å². The second-order valence-corrected chi connectivity index (χ2v) is 11.4. The molecule has 4 atom stereocenters. The number of ether oxygens (including phenoxy) is 2. The predicted molar refractivity (Wildman–Crippen MR) is 159 cm³/mol. The maximum absolute atomic E-state index is 13.5. The summed E-state index contributed by atoms with van der Waals surface area (Å²) in [5.74, 6) is -2.10. The molecule has 0 bridgehead atoms. The van der Waals surface area contributed by atoms with Crippen molar-refractivity contribution in [3.8, 4) is 0 Å². The molecular formula is C33H40N4O6. The minimum absolute atomic E-state index is 0.0282. The Bertz CT molecular complexity index is 1360. The third-order valence-corrected chi connectivity index (χ3v) is 8.21. The van der Waals surface area contributed by atoms with E-state index in [-0.39, 0.29) is 48.1 Å². The largest absolute Gasteiger partial charge is 0.476 e. The summed E-state index contributed by atoms with van der Waals surface area (Å²) in [6.07, 6.45) is 6.83. The molecule has 2 aromatic carbocycles. The van der Waals surface area contributed by atoms with Gasteiger partial charge in [-0.25, -0.2) is 9.48 Å². The molecule has 0 aliphatic heterocycles. The Morgan fingerprint density at radius 3 is 1.81 bits per heavy atom. The third kappa shape index (κ3) is 8.52. The highest BCUT2D eigenvalue weighted by molar-refractivity contribution is 5.96. The number of hydrogen-bond acceptors (Lipinski definition) is 6. The van der Waals surface area contributed by atoms with Crippen molar-refractivity contribution in [3.63, 3.8) is 0 Å². The molecule has 1 aromatic heterocycles. The third-order valence-electron chi connectivity index (χ3n) is 8.21. The summed E-state index contributed by atoms with van der Waals surface area (Å²) in [5.41, 5.74) is 1.86. The first kappa shape index (κ1) is 30.4. The average Bonchev–Trinajstić information content (AvgIpc) is 3.45. The second kappa shape index (κ2) is 14.9. The number of carboxylic acids is 1. The maximum Gasteiger partial charge on any atom is 0.356 e. The number of carboxylic acid groups (broad SMARTS) is 1. The number of aromatic nitrogens is 2. The molecule has 1 heterocycles. The molecule has 5 rings (SSSR count). The van der Waals surface area contributed by atoms with Gasteiger partial charge in [-0.3, -0.25) is 9.59 Å². The average molecular weight is 589 g/mol. The van der Waals surface area contributed by atoms with Crippen LogP contribution in [0, 0.1) is 0 Å². The smallest absolute Gasteiger partial charge is 0.356 e. The van der Waals surface area contributed by atoms with Crippen LogP contribution in [0.2, 0.25) is 0 Å². The molecule has 0 saturated heterocycles. The van der Waals surface area contributed by atoms with Gasteiger partial charge in [-0.2, -0.15) is 5.10 Å². The van der Waals surface area contributed by atoms with Gasteiger partial charge in [-0.1, -0.05) is 86.3 Å². The number of aromatic carboxylic acids is 1. The van der Waals surface area contributed by atoms with Crippen molar-refractivity contribution in [3.05, 3.63) is 89.2 Å². The van der Waals surface area contributed by atoms with E-state index in [4.69, 9.17) is 9.47 Å². The van der Waals surface area contributed by atoms with E-state index in [0.717, 1.165) is 62.5 Å². The van der Waals surface area contributed by atoms with E-state index in [2.05, 4.69) is 15.7 Å². The van der Waals surface area contributed by atoms with Gasteiger partial charge in [0.1, 0.15) is 12.2 Å².